The van der Waals surface area contributed by atoms with Crippen molar-refractivity contribution in [2.45, 2.75) is 39.0 Å². The SMILES string of the molecule is C=CC(=O)OOP(=O)(O)OCCCCCCC.N.N. The second kappa shape index (κ2) is 13.7. The molecule has 7 N–H and O–H groups in total. The Morgan fingerprint density at radius 3 is 2.37 bits per heavy atom. The van der Waals surface area contributed by atoms with Gasteiger partial charge in [-0.3, -0.25) is 9.41 Å². The zero-order valence-electron chi connectivity index (χ0n) is 11.4. The Hall–Kier alpha value is -0.760. The number of carbonyl (C=O) groups excluding carboxylic acids is 1. The van der Waals surface area contributed by atoms with Gasteiger partial charge in [-0.25, -0.2) is 9.36 Å². The zero-order valence-corrected chi connectivity index (χ0v) is 12.3. The van der Waals surface area contributed by atoms with Gasteiger partial charge in [0.25, 0.3) is 0 Å². The Labute approximate surface area is 113 Å². The minimum Gasteiger partial charge on any atom is -0.344 e. The summed E-state index contributed by atoms with van der Waals surface area (Å²) in [4.78, 5) is 23.6. The van der Waals surface area contributed by atoms with Gasteiger partial charge in [0.2, 0.25) is 0 Å². The van der Waals surface area contributed by atoms with Gasteiger partial charge in [-0.1, -0.05) is 43.9 Å². The molecule has 0 saturated heterocycles. The first-order chi connectivity index (χ1) is 8.02. The summed E-state index contributed by atoms with van der Waals surface area (Å²) in [5.41, 5.74) is 0. The van der Waals surface area contributed by atoms with Crippen molar-refractivity contribution in [2.75, 3.05) is 6.61 Å². The van der Waals surface area contributed by atoms with Crippen LogP contribution in [0.1, 0.15) is 39.0 Å². The van der Waals surface area contributed by atoms with E-state index in [9.17, 15) is 9.36 Å². The molecule has 116 valence electrons. The highest BCUT2D eigenvalue weighted by molar-refractivity contribution is 7.47. The van der Waals surface area contributed by atoms with Crippen molar-refractivity contribution in [3.8, 4) is 0 Å². The van der Waals surface area contributed by atoms with E-state index in [4.69, 9.17) is 4.89 Å². The fourth-order valence-corrected chi connectivity index (χ4v) is 1.60. The van der Waals surface area contributed by atoms with Crippen LogP contribution in [0.4, 0.5) is 0 Å². The number of hydrogen-bond donors (Lipinski definition) is 3. The minimum atomic E-state index is -4.31. The first-order valence-corrected chi connectivity index (χ1v) is 7.01. The van der Waals surface area contributed by atoms with Crippen molar-refractivity contribution in [3.63, 3.8) is 0 Å². The molecule has 1 atom stereocenters. The van der Waals surface area contributed by atoms with E-state index in [-0.39, 0.29) is 18.9 Å². The molecule has 0 aromatic heterocycles. The summed E-state index contributed by atoms with van der Waals surface area (Å²) < 4.78 is 19.7. The molecule has 0 spiro atoms. The Morgan fingerprint density at radius 1 is 1.26 bits per heavy atom. The van der Waals surface area contributed by atoms with E-state index in [0.717, 1.165) is 31.8 Å². The molecule has 0 aliphatic rings. The molecule has 19 heavy (non-hydrogen) atoms. The number of hydrogen-bond acceptors (Lipinski definition) is 7. The standard InChI is InChI=1S/C10H19O6P.2H3N/c1-3-5-6-7-8-9-14-17(12,13)16-15-10(11)4-2;;/h4H,2-3,5-9H2,1H3,(H,12,13);2*1H3. The molecule has 0 rings (SSSR count). The van der Waals surface area contributed by atoms with Crippen LogP contribution in [0, 0.1) is 0 Å². The Morgan fingerprint density at radius 2 is 1.84 bits per heavy atom. The highest BCUT2D eigenvalue weighted by Crippen LogP contribution is 2.43. The maximum absolute atomic E-state index is 11.1. The summed E-state index contributed by atoms with van der Waals surface area (Å²) in [6, 6.07) is 0. The van der Waals surface area contributed by atoms with E-state index in [0.29, 0.717) is 6.42 Å². The van der Waals surface area contributed by atoms with E-state index in [2.05, 4.69) is 27.6 Å². The Balaban J connectivity index is -0.00000128. The van der Waals surface area contributed by atoms with Crippen LogP contribution in [0.5, 0.6) is 0 Å². The fraction of sp³-hybridized carbons (Fsp3) is 0.700. The zero-order chi connectivity index (χ0) is 13.1. The van der Waals surface area contributed by atoms with Crippen LogP contribution in [0.25, 0.3) is 0 Å². The quantitative estimate of drug-likeness (QED) is 0.183. The van der Waals surface area contributed by atoms with Gasteiger partial charge in [0, 0.05) is 6.08 Å². The second-order valence-electron chi connectivity index (χ2n) is 3.40. The number of unbranched alkanes of at least 4 members (excludes halogenated alkanes) is 4. The monoisotopic (exact) mass is 300 g/mol. The fourth-order valence-electron chi connectivity index (χ4n) is 1.02. The van der Waals surface area contributed by atoms with Gasteiger partial charge in [-0.2, -0.15) is 0 Å². The van der Waals surface area contributed by atoms with Crippen molar-refractivity contribution in [1.29, 1.82) is 0 Å². The summed E-state index contributed by atoms with van der Waals surface area (Å²) >= 11 is 0. The van der Waals surface area contributed by atoms with Crippen LogP contribution >= 0.6 is 7.82 Å². The molecular weight excluding hydrogens is 275 g/mol. The van der Waals surface area contributed by atoms with Crippen LogP contribution in [0.15, 0.2) is 12.7 Å². The highest BCUT2D eigenvalue weighted by atomic mass is 31.2. The van der Waals surface area contributed by atoms with Crippen LogP contribution in [-0.2, 0) is 23.4 Å². The predicted molar refractivity (Wildman–Crippen MR) is 72.0 cm³/mol. The van der Waals surface area contributed by atoms with Crippen LogP contribution in [-0.4, -0.2) is 17.5 Å². The van der Waals surface area contributed by atoms with Gasteiger partial charge in [0.15, 0.2) is 0 Å². The molecular formula is C10H25N2O6P. The summed E-state index contributed by atoms with van der Waals surface area (Å²) in [6.45, 7) is 5.28. The van der Waals surface area contributed by atoms with Gasteiger partial charge >= 0.3 is 13.8 Å². The Kier molecular flexibility index (Phi) is 16.8. The third kappa shape index (κ3) is 15.2. The van der Waals surface area contributed by atoms with Gasteiger partial charge < -0.3 is 17.2 Å². The smallest absolute Gasteiger partial charge is 0.344 e. The van der Waals surface area contributed by atoms with Gasteiger partial charge in [-0.05, 0) is 6.42 Å². The normalized spacial score (nSPS) is 12.5. The van der Waals surface area contributed by atoms with E-state index >= 15 is 0 Å². The number of phosphoric ester groups is 1. The van der Waals surface area contributed by atoms with E-state index in [1.165, 1.54) is 0 Å². The first kappa shape index (κ1) is 23.3. The van der Waals surface area contributed by atoms with Crippen molar-refractivity contribution in [3.05, 3.63) is 12.7 Å². The minimum absolute atomic E-state index is 0. The molecule has 0 amide bonds. The van der Waals surface area contributed by atoms with Crippen LogP contribution in [0.3, 0.4) is 0 Å². The summed E-state index contributed by atoms with van der Waals surface area (Å²) in [5, 5.41) is 0. The molecule has 1 unspecified atom stereocenters. The lowest BCUT2D eigenvalue weighted by Crippen LogP contribution is -2.03. The molecule has 0 aliphatic heterocycles. The van der Waals surface area contributed by atoms with E-state index < -0.39 is 13.8 Å². The number of rotatable bonds is 10. The number of carbonyl (C=O) groups is 1. The van der Waals surface area contributed by atoms with Gasteiger partial charge in [0.05, 0.1) is 6.61 Å². The van der Waals surface area contributed by atoms with Crippen molar-refractivity contribution in [1.82, 2.24) is 12.3 Å². The van der Waals surface area contributed by atoms with Gasteiger partial charge in [-0.15, -0.1) is 0 Å². The van der Waals surface area contributed by atoms with E-state index in [1.807, 2.05) is 0 Å². The third-order valence-electron chi connectivity index (χ3n) is 1.88. The molecule has 0 bridgehead atoms. The van der Waals surface area contributed by atoms with Gasteiger partial charge in [0.1, 0.15) is 0 Å². The van der Waals surface area contributed by atoms with Crippen molar-refractivity contribution in [2.24, 2.45) is 0 Å². The molecule has 0 fully saturated rings. The first-order valence-electron chi connectivity index (χ1n) is 5.52. The van der Waals surface area contributed by atoms with E-state index in [1.54, 1.807) is 0 Å². The predicted octanol–water partition coefficient (Wildman–Crippen LogP) is 3.06. The molecule has 0 radical (unpaired) electrons. The third-order valence-corrected chi connectivity index (χ3v) is 2.65. The molecule has 0 aromatic rings. The van der Waals surface area contributed by atoms with Crippen LogP contribution < -0.4 is 12.3 Å². The molecule has 0 saturated carbocycles. The van der Waals surface area contributed by atoms with Crippen molar-refractivity contribution < 1.29 is 28.3 Å². The number of phosphoric acid groups is 1. The molecule has 0 aliphatic carbocycles. The summed E-state index contributed by atoms with van der Waals surface area (Å²) in [5.74, 6) is -0.953. The second-order valence-corrected chi connectivity index (χ2v) is 4.74. The van der Waals surface area contributed by atoms with Crippen molar-refractivity contribution >= 4 is 13.8 Å². The lowest BCUT2D eigenvalue weighted by atomic mass is 10.2. The van der Waals surface area contributed by atoms with Crippen LogP contribution in [0.2, 0.25) is 0 Å². The molecule has 8 nitrogen and oxygen atoms in total. The average molecular weight is 300 g/mol. The Bertz CT molecular complexity index is 287. The molecule has 0 aromatic carbocycles. The topological polar surface area (TPSA) is 152 Å². The maximum atomic E-state index is 11.1. The summed E-state index contributed by atoms with van der Waals surface area (Å²) in [7, 11) is -4.31. The highest BCUT2D eigenvalue weighted by Gasteiger charge is 2.24. The molecule has 0 heterocycles. The largest absolute Gasteiger partial charge is 0.508 e. The lowest BCUT2D eigenvalue weighted by Gasteiger charge is -2.09. The summed E-state index contributed by atoms with van der Waals surface area (Å²) in [6.07, 6.45) is 5.69. The average Bonchev–Trinajstić information content (AvgIpc) is 2.30. The lowest BCUT2D eigenvalue weighted by molar-refractivity contribution is -0.217. The maximum Gasteiger partial charge on any atom is 0.508 e. The molecule has 9 heteroatoms.